The van der Waals surface area contributed by atoms with E-state index in [1.54, 1.807) is 12.1 Å². The third-order valence-corrected chi connectivity index (χ3v) is 5.22. The van der Waals surface area contributed by atoms with Gasteiger partial charge in [0, 0.05) is 43.0 Å². The van der Waals surface area contributed by atoms with Crippen LogP contribution in [0, 0.1) is 6.92 Å². The quantitative estimate of drug-likeness (QED) is 0.840. The standard InChI is InChI=1S/C18H20ClN3OS/c1-13-2-3-14(12-22-6-8-24-9-7-22)10-16(13)21-18(23)15-4-5-17(19)20-11-15/h2-5,10-11H,6-9,12H2,1H3,(H,21,23). The highest BCUT2D eigenvalue weighted by Gasteiger charge is 2.13. The molecule has 24 heavy (non-hydrogen) atoms. The maximum atomic E-state index is 12.4. The van der Waals surface area contributed by atoms with Gasteiger partial charge in [0.05, 0.1) is 5.56 Å². The molecule has 1 amide bonds. The van der Waals surface area contributed by atoms with Crippen molar-refractivity contribution in [1.29, 1.82) is 0 Å². The fourth-order valence-electron chi connectivity index (χ4n) is 2.62. The third kappa shape index (κ3) is 4.50. The lowest BCUT2D eigenvalue weighted by atomic mass is 10.1. The molecule has 1 aliphatic rings. The number of amides is 1. The van der Waals surface area contributed by atoms with Gasteiger partial charge in [-0.3, -0.25) is 9.69 Å². The molecule has 2 aromatic rings. The van der Waals surface area contributed by atoms with Gasteiger partial charge in [-0.15, -0.1) is 0 Å². The Kier molecular flexibility index (Phi) is 5.76. The molecule has 0 radical (unpaired) electrons. The number of carbonyl (C=O) groups is 1. The Balaban J connectivity index is 1.71. The van der Waals surface area contributed by atoms with Gasteiger partial charge in [-0.2, -0.15) is 11.8 Å². The van der Waals surface area contributed by atoms with Gasteiger partial charge in [-0.25, -0.2) is 4.98 Å². The number of anilines is 1. The van der Waals surface area contributed by atoms with Crippen molar-refractivity contribution in [3.8, 4) is 0 Å². The van der Waals surface area contributed by atoms with Crippen molar-refractivity contribution in [3.63, 3.8) is 0 Å². The highest BCUT2D eigenvalue weighted by molar-refractivity contribution is 7.99. The van der Waals surface area contributed by atoms with Gasteiger partial charge < -0.3 is 5.32 Å². The molecule has 1 saturated heterocycles. The zero-order chi connectivity index (χ0) is 16.9. The van der Waals surface area contributed by atoms with E-state index >= 15 is 0 Å². The van der Waals surface area contributed by atoms with Gasteiger partial charge in [0.2, 0.25) is 0 Å². The Bertz CT molecular complexity index is 715. The SMILES string of the molecule is Cc1ccc(CN2CCSCC2)cc1NC(=O)c1ccc(Cl)nc1. The molecule has 4 nitrogen and oxygen atoms in total. The molecule has 1 aromatic heterocycles. The van der Waals surface area contributed by atoms with E-state index in [4.69, 9.17) is 11.6 Å². The summed E-state index contributed by atoms with van der Waals surface area (Å²) in [4.78, 5) is 18.8. The second kappa shape index (κ2) is 8.01. The van der Waals surface area contributed by atoms with Crippen molar-refractivity contribution in [2.45, 2.75) is 13.5 Å². The molecule has 1 aliphatic heterocycles. The van der Waals surface area contributed by atoms with Gasteiger partial charge in [0.1, 0.15) is 5.15 Å². The number of hydrogen-bond donors (Lipinski definition) is 1. The molecule has 1 aromatic carbocycles. The second-order valence-electron chi connectivity index (χ2n) is 5.86. The summed E-state index contributed by atoms with van der Waals surface area (Å²) in [6.45, 7) is 5.16. The Morgan fingerprint density at radius 2 is 2.08 bits per heavy atom. The zero-order valence-electron chi connectivity index (χ0n) is 13.6. The fraction of sp³-hybridized carbons (Fsp3) is 0.333. The van der Waals surface area contributed by atoms with Gasteiger partial charge in [0.15, 0.2) is 0 Å². The van der Waals surface area contributed by atoms with Gasteiger partial charge >= 0.3 is 0 Å². The highest BCUT2D eigenvalue weighted by atomic mass is 35.5. The summed E-state index contributed by atoms with van der Waals surface area (Å²) in [5.74, 6) is 2.21. The van der Waals surface area contributed by atoms with E-state index in [0.717, 1.165) is 30.9 Å². The topological polar surface area (TPSA) is 45.2 Å². The van der Waals surface area contributed by atoms with Crippen LogP contribution in [0.2, 0.25) is 5.15 Å². The number of thioether (sulfide) groups is 1. The fourth-order valence-corrected chi connectivity index (χ4v) is 3.71. The number of nitrogens with zero attached hydrogens (tertiary/aromatic N) is 2. The molecule has 0 bridgehead atoms. The first-order chi connectivity index (χ1) is 11.6. The maximum Gasteiger partial charge on any atom is 0.257 e. The zero-order valence-corrected chi connectivity index (χ0v) is 15.2. The average Bonchev–Trinajstić information content (AvgIpc) is 2.59. The summed E-state index contributed by atoms with van der Waals surface area (Å²) in [6, 6.07) is 9.56. The number of nitrogens with one attached hydrogen (secondary N) is 1. The van der Waals surface area contributed by atoms with E-state index in [2.05, 4.69) is 33.4 Å². The first-order valence-corrected chi connectivity index (χ1v) is 9.47. The van der Waals surface area contributed by atoms with Gasteiger partial charge in [-0.05, 0) is 36.2 Å². The number of pyridine rings is 1. The summed E-state index contributed by atoms with van der Waals surface area (Å²) in [5, 5.41) is 3.36. The summed E-state index contributed by atoms with van der Waals surface area (Å²) < 4.78 is 0. The lowest BCUT2D eigenvalue weighted by Crippen LogP contribution is -2.32. The molecule has 3 rings (SSSR count). The van der Waals surface area contributed by atoms with Crippen LogP contribution in [0.15, 0.2) is 36.5 Å². The lowest BCUT2D eigenvalue weighted by Gasteiger charge is -2.26. The monoisotopic (exact) mass is 361 g/mol. The normalized spacial score (nSPS) is 15.2. The number of carbonyl (C=O) groups excluding carboxylic acids is 1. The van der Waals surface area contributed by atoms with Crippen LogP contribution < -0.4 is 5.32 Å². The van der Waals surface area contributed by atoms with Crippen molar-refractivity contribution < 1.29 is 4.79 Å². The largest absolute Gasteiger partial charge is 0.322 e. The van der Waals surface area contributed by atoms with E-state index in [0.29, 0.717) is 10.7 Å². The summed E-state index contributed by atoms with van der Waals surface area (Å²) >= 11 is 7.77. The van der Waals surface area contributed by atoms with Crippen molar-refractivity contribution in [2.24, 2.45) is 0 Å². The van der Waals surface area contributed by atoms with E-state index < -0.39 is 0 Å². The third-order valence-electron chi connectivity index (χ3n) is 4.05. The predicted octanol–water partition coefficient (Wildman–Crippen LogP) is 3.84. The van der Waals surface area contributed by atoms with E-state index in [9.17, 15) is 4.79 Å². The maximum absolute atomic E-state index is 12.4. The summed E-state index contributed by atoms with van der Waals surface area (Å²) in [5.41, 5.74) is 3.61. The number of rotatable bonds is 4. The molecule has 1 N–H and O–H groups in total. The van der Waals surface area contributed by atoms with Crippen molar-refractivity contribution >= 4 is 35.0 Å². The first-order valence-electron chi connectivity index (χ1n) is 7.94. The van der Waals surface area contributed by atoms with Crippen LogP contribution in [0.25, 0.3) is 0 Å². The van der Waals surface area contributed by atoms with E-state index in [-0.39, 0.29) is 5.91 Å². The molecule has 126 valence electrons. The number of aryl methyl sites for hydroxylation is 1. The van der Waals surface area contributed by atoms with E-state index in [1.807, 2.05) is 18.7 Å². The van der Waals surface area contributed by atoms with Gasteiger partial charge in [0.25, 0.3) is 5.91 Å². The predicted molar refractivity (Wildman–Crippen MR) is 101 cm³/mol. The second-order valence-corrected chi connectivity index (χ2v) is 7.47. The number of halogens is 1. The summed E-state index contributed by atoms with van der Waals surface area (Å²) in [7, 11) is 0. The van der Waals surface area contributed by atoms with E-state index in [1.165, 1.54) is 23.3 Å². The molecule has 1 fully saturated rings. The van der Waals surface area contributed by atoms with Crippen LogP contribution >= 0.6 is 23.4 Å². The van der Waals surface area contributed by atoms with Gasteiger partial charge in [-0.1, -0.05) is 23.7 Å². The van der Waals surface area contributed by atoms with Crippen molar-refractivity contribution in [3.05, 3.63) is 58.4 Å². The number of benzene rings is 1. The Hall–Kier alpha value is -1.56. The van der Waals surface area contributed by atoms with Crippen LogP contribution in [0.5, 0.6) is 0 Å². The number of hydrogen-bond acceptors (Lipinski definition) is 4. The Morgan fingerprint density at radius 3 is 2.79 bits per heavy atom. The molecule has 2 heterocycles. The van der Waals surface area contributed by atoms with Crippen LogP contribution in [0.1, 0.15) is 21.5 Å². The molecular formula is C18H20ClN3OS. The minimum absolute atomic E-state index is 0.172. The molecular weight excluding hydrogens is 342 g/mol. The smallest absolute Gasteiger partial charge is 0.257 e. The highest BCUT2D eigenvalue weighted by Crippen LogP contribution is 2.20. The minimum atomic E-state index is -0.172. The number of aromatic nitrogens is 1. The summed E-state index contributed by atoms with van der Waals surface area (Å²) in [6.07, 6.45) is 1.49. The molecule has 0 unspecified atom stereocenters. The average molecular weight is 362 g/mol. The first kappa shape index (κ1) is 17.3. The van der Waals surface area contributed by atoms with Crippen LogP contribution in [-0.4, -0.2) is 40.4 Å². The lowest BCUT2D eigenvalue weighted by molar-refractivity contribution is 0.102. The van der Waals surface area contributed by atoms with Crippen molar-refractivity contribution in [1.82, 2.24) is 9.88 Å². The minimum Gasteiger partial charge on any atom is -0.322 e. The van der Waals surface area contributed by atoms with Crippen LogP contribution in [-0.2, 0) is 6.54 Å². The Morgan fingerprint density at radius 1 is 1.29 bits per heavy atom. The Labute approximate surface area is 151 Å². The van der Waals surface area contributed by atoms with Crippen LogP contribution in [0.3, 0.4) is 0 Å². The molecule has 0 spiro atoms. The molecule has 0 saturated carbocycles. The molecule has 0 aliphatic carbocycles. The van der Waals surface area contributed by atoms with Crippen molar-refractivity contribution in [2.75, 3.05) is 29.9 Å². The molecule has 6 heteroatoms. The van der Waals surface area contributed by atoms with Crippen LogP contribution in [0.4, 0.5) is 5.69 Å². The molecule has 0 atom stereocenters.